The fourth-order valence-electron chi connectivity index (χ4n) is 0.928. The fraction of sp³-hybridized carbons (Fsp3) is 0.800. The van der Waals surface area contributed by atoms with Crippen LogP contribution in [-0.4, -0.2) is 56.9 Å². The minimum Gasteiger partial charge on any atom is -0.394 e. The van der Waals surface area contributed by atoms with Crippen molar-refractivity contribution in [3.8, 4) is 0 Å². The summed E-state index contributed by atoms with van der Waals surface area (Å²) >= 11 is 0. The second kappa shape index (κ2) is 12.1. The highest BCUT2D eigenvalue weighted by Crippen LogP contribution is 1.84. The van der Waals surface area contributed by atoms with Crippen LogP contribution in [-0.2, 0) is 19.1 Å². The predicted octanol–water partition coefficient (Wildman–Crippen LogP) is -0.893. The quantitative estimate of drug-likeness (QED) is 0.357. The molecule has 16 heavy (non-hydrogen) atoms. The summed E-state index contributed by atoms with van der Waals surface area (Å²) in [5.41, 5.74) is 0. The van der Waals surface area contributed by atoms with Crippen molar-refractivity contribution >= 4 is 12.2 Å². The molecular formula is C10H19NO5. The molecule has 6 nitrogen and oxygen atoms in total. The standard InChI is InChI=1S/C10H19NO5/c12-4-1-2-10(14)11-3-6-15-8-9-16-7-5-13/h4,13H,1-3,5-9H2,(H,11,14). The lowest BCUT2D eigenvalue weighted by atomic mass is 10.3. The van der Waals surface area contributed by atoms with Gasteiger partial charge in [0.2, 0.25) is 5.91 Å². The Labute approximate surface area is 94.9 Å². The zero-order chi connectivity index (χ0) is 12.1. The highest BCUT2D eigenvalue weighted by atomic mass is 16.5. The average Bonchev–Trinajstić information content (AvgIpc) is 2.30. The van der Waals surface area contributed by atoms with Crippen LogP contribution in [0.4, 0.5) is 0 Å². The van der Waals surface area contributed by atoms with Crippen molar-refractivity contribution in [2.24, 2.45) is 0 Å². The van der Waals surface area contributed by atoms with Gasteiger partial charge < -0.3 is 24.7 Å². The molecule has 0 saturated carbocycles. The molecule has 0 rings (SSSR count). The number of aldehydes is 1. The van der Waals surface area contributed by atoms with Gasteiger partial charge in [-0.2, -0.15) is 0 Å². The smallest absolute Gasteiger partial charge is 0.220 e. The second-order valence-electron chi connectivity index (χ2n) is 3.00. The summed E-state index contributed by atoms with van der Waals surface area (Å²) in [4.78, 5) is 21.0. The Bertz CT molecular complexity index is 186. The highest BCUT2D eigenvalue weighted by Gasteiger charge is 1.98. The first-order chi connectivity index (χ1) is 7.81. The van der Waals surface area contributed by atoms with Gasteiger partial charge in [-0.3, -0.25) is 4.79 Å². The molecule has 2 N–H and O–H groups in total. The van der Waals surface area contributed by atoms with Crippen molar-refractivity contribution in [2.75, 3.05) is 39.6 Å². The topological polar surface area (TPSA) is 84.9 Å². The van der Waals surface area contributed by atoms with Crippen LogP contribution in [0.25, 0.3) is 0 Å². The third-order valence-electron chi connectivity index (χ3n) is 1.67. The Morgan fingerprint density at radius 1 is 1.19 bits per heavy atom. The molecule has 0 fully saturated rings. The van der Waals surface area contributed by atoms with E-state index in [1.165, 1.54) is 0 Å². The number of carbonyl (C=O) groups is 2. The lowest BCUT2D eigenvalue weighted by Gasteiger charge is -2.06. The minimum atomic E-state index is -0.146. The Morgan fingerprint density at radius 2 is 1.88 bits per heavy atom. The van der Waals surface area contributed by atoms with Crippen LogP contribution in [0, 0.1) is 0 Å². The molecule has 0 atom stereocenters. The number of amides is 1. The summed E-state index contributed by atoms with van der Waals surface area (Å²) in [7, 11) is 0. The lowest BCUT2D eigenvalue weighted by molar-refractivity contribution is -0.122. The van der Waals surface area contributed by atoms with E-state index in [4.69, 9.17) is 14.6 Å². The van der Waals surface area contributed by atoms with Crippen LogP contribution in [0.15, 0.2) is 0 Å². The van der Waals surface area contributed by atoms with Gasteiger partial charge in [-0.1, -0.05) is 0 Å². The molecule has 0 aliphatic heterocycles. The molecule has 1 amide bonds. The number of aliphatic hydroxyl groups excluding tert-OH is 1. The number of rotatable bonds is 11. The Balaban J connectivity index is 3.08. The van der Waals surface area contributed by atoms with Gasteiger partial charge in [-0.05, 0) is 0 Å². The monoisotopic (exact) mass is 233 g/mol. The number of hydrogen-bond acceptors (Lipinski definition) is 5. The molecular weight excluding hydrogens is 214 g/mol. The van der Waals surface area contributed by atoms with Gasteiger partial charge in [-0.25, -0.2) is 0 Å². The first kappa shape index (κ1) is 15.0. The van der Waals surface area contributed by atoms with E-state index >= 15 is 0 Å². The van der Waals surface area contributed by atoms with Crippen LogP contribution < -0.4 is 5.32 Å². The van der Waals surface area contributed by atoms with Crippen molar-refractivity contribution in [3.63, 3.8) is 0 Å². The first-order valence-electron chi connectivity index (χ1n) is 5.28. The van der Waals surface area contributed by atoms with Crippen LogP contribution in [0.5, 0.6) is 0 Å². The van der Waals surface area contributed by atoms with E-state index in [1.54, 1.807) is 0 Å². The van der Waals surface area contributed by atoms with Gasteiger partial charge in [0.05, 0.1) is 33.0 Å². The van der Waals surface area contributed by atoms with E-state index in [-0.39, 0.29) is 25.4 Å². The second-order valence-corrected chi connectivity index (χ2v) is 3.00. The number of hydrogen-bond donors (Lipinski definition) is 2. The molecule has 0 heterocycles. The van der Waals surface area contributed by atoms with E-state index in [2.05, 4.69) is 5.32 Å². The number of nitrogens with one attached hydrogen (secondary N) is 1. The largest absolute Gasteiger partial charge is 0.394 e. The summed E-state index contributed by atoms with van der Waals surface area (Å²) in [6, 6.07) is 0. The molecule has 0 aromatic carbocycles. The summed E-state index contributed by atoms with van der Waals surface area (Å²) in [5, 5.41) is 11.0. The van der Waals surface area contributed by atoms with Crippen molar-refractivity contribution in [1.82, 2.24) is 5.32 Å². The Kier molecular flexibility index (Phi) is 11.4. The van der Waals surface area contributed by atoms with E-state index in [1.807, 2.05) is 0 Å². The van der Waals surface area contributed by atoms with E-state index in [9.17, 15) is 9.59 Å². The molecule has 0 aliphatic carbocycles. The van der Waals surface area contributed by atoms with Crippen molar-refractivity contribution in [2.45, 2.75) is 12.8 Å². The molecule has 0 spiro atoms. The number of ether oxygens (including phenoxy) is 2. The maximum Gasteiger partial charge on any atom is 0.220 e. The van der Waals surface area contributed by atoms with Crippen molar-refractivity contribution in [1.29, 1.82) is 0 Å². The molecule has 94 valence electrons. The van der Waals surface area contributed by atoms with E-state index in [0.29, 0.717) is 39.3 Å². The Morgan fingerprint density at radius 3 is 2.50 bits per heavy atom. The van der Waals surface area contributed by atoms with E-state index in [0.717, 1.165) is 0 Å². The van der Waals surface area contributed by atoms with Gasteiger partial charge in [-0.15, -0.1) is 0 Å². The first-order valence-corrected chi connectivity index (χ1v) is 5.28. The number of carbonyl (C=O) groups excluding carboxylic acids is 2. The fourth-order valence-corrected chi connectivity index (χ4v) is 0.928. The van der Waals surface area contributed by atoms with Gasteiger partial charge in [0.1, 0.15) is 6.29 Å². The molecule has 6 heteroatoms. The lowest BCUT2D eigenvalue weighted by Crippen LogP contribution is -2.27. The van der Waals surface area contributed by atoms with Gasteiger partial charge in [0.25, 0.3) is 0 Å². The molecule has 0 aromatic rings. The third-order valence-corrected chi connectivity index (χ3v) is 1.67. The molecule has 0 aliphatic rings. The van der Waals surface area contributed by atoms with Crippen LogP contribution in [0.1, 0.15) is 12.8 Å². The maximum atomic E-state index is 11.0. The minimum absolute atomic E-state index is 0.00674. The maximum absolute atomic E-state index is 11.0. The molecule has 0 aromatic heterocycles. The third kappa shape index (κ3) is 11.1. The van der Waals surface area contributed by atoms with Gasteiger partial charge >= 0.3 is 0 Å². The molecule has 0 saturated heterocycles. The SMILES string of the molecule is O=CCCC(=O)NCCOCCOCCO. The zero-order valence-electron chi connectivity index (χ0n) is 9.31. The van der Waals surface area contributed by atoms with Crippen LogP contribution in [0.3, 0.4) is 0 Å². The van der Waals surface area contributed by atoms with Gasteiger partial charge in [0.15, 0.2) is 0 Å². The molecule has 0 bridgehead atoms. The molecule has 0 radical (unpaired) electrons. The number of aliphatic hydroxyl groups is 1. The predicted molar refractivity (Wildman–Crippen MR) is 57.0 cm³/mol. The van der Waals surface area contributed by atoms with Crippen LogP contribution in [0.2, 0.25) is 0 Å². The van der Waals surface area contributed by atoms with Crippen molar-refractivity contribution < 1.29 is 24.2 Å². The zero-order valence-corrected chi connectivity index (χ0v) is 9.31. The van der Waals surface area contributed by atoms with Gasteiger partial charge in [0, 0.05) is 19.4 Å². The van der Waals surface area contributed by atoms with E-state index < -0.39 is 0 Å². The summed E-state index contributed by atoms with van der Waals surface area (Å²) in [6.07, 6.45) is 1.19. The van der Waals surface area contributed by atoms with Crippen LogP contribution >= 0.6 is 0 Å². The average molecular weight is 233 g/mol. The summed E-state index contributed by atoms with van der Waals surface area (Å²) in [6.45, 7) is 2.02. The highest BCUT2D eigenvalue weighted by molar-refractivity contribution is 5.77. The summed E-state index contributed by atoms with van der Waals surface area (Å²) in [5.74, 6) is -0.146. The van der Waals surface area contributed by atoms with Crippen molar-refractivity contribution in [3.05, 3.63) is 0 Å². The summed E-state index contributed by atoms with van der Waals surface area (Å²) < 4.78 is 10.1. The normalized spacial score (nSPS) is 10.1. The molecule has 0 unspecified atom stereocenters. The Hall–Kier alpha value is -0.980.